The number of thiophene rings is 1. The van der Waals surface area contributed by atoms with Crippen molar-refractivity contribution >= 4 is 23.2 Å². The molecule has 110 valence electrons. The molecule has 1 aliphatic rings. The summed E-state index contributed by atoms with van der Waals surface area (Å²) in [4.78, 5) is 28.1. The van der Waals surface area contributed by atoms with Gasteiger partial charge in [0.1, 0.15) is 0 Å². The molecular formula is C15H22N2O2S. The number of hydrogen-bond donors (Lipinski definition) is 1. The summed E-state index contributed by atoms with van der Waals surface area (Å²) < 4.78 is 0. The highest BCUT2D eigenvalue weighted by Crippen LogP contribution is 2.20. The van der Waals surface area contributed by atoms with Gasteiger partial charge in [0, 0.05) is 22.3 Å². The van der Waals surface area contributed by atoms with Gasteiger partial charge in [-0.2, -0.15) is 0 Å². The first-order chi connectivity index (χ1) is 9.56. The van der Waals surface area contributed by atoms with E-state index in [9.17, 15) is 9.59 Å². The normalized spacial score (nSPS) is 20.8. The van der Waals surface area contributed by atoms with Crippen LogP contribution in [0.4, 0.5) is 0 Å². The van der Waals surface area contributed by atoms with Crippen LogP contribution in [0.25, 0.3) is 0 Å². The summed E-state index contributed by atoms with van der Waals surface area (Å²) in [5.41, 5.74) is 0. The van der Waals surface area contributed by atoms with E-state index in [2.05, 4.69) is 24.4 Å². The Labute approximate surface area is 124 Å². The van der Waals surface area contributed by atoms with Gasteiger partial charge in [-0.05, 0) is 31.9 Å². The molecule has 1 aliphatic heterocycles. The Balaban J connectivity index is 1.94. The molecule has 0 aliphatic carbocycles. The van der Waals surface area contributed by atoms with Crippen molar-refractivity contribution < 1.29 is 9.59 Å². The molecule has 2 amide bonds. The lowest BCUT2D eigenvalue weighted by molar-refractivity contribution is -0.141. The van der Waals surface area contributed by atoms with Crippen LogP contribution in [0, 0.1) is 0 Å². The Morgan fingerprint density at radius 1 is 1.35 bits per heavy atom. The fraction of sp³-hybridized carbons (Fsp3) is 0.600. The number of hydrogen-bond acceptors (Lipinski definition) is 4. The Morgan fingerprint density at radius 3 is 2.65 bits per heavy atom. The first-order valence-electron chi connectivity index (χ1n) is 7.23. The molecule has 1 fully saturated rings. The second-order valence-electron chi connectivity index (χ2n) is 5.22. The quantitative estimate of drug-likeness (QED) is 0.819. The molecule has 0 saturated carbocycles. The number of likely N-dealkylation sites (tertiary alicyclic amines) is 1. The molecule has 2 unspecified atom stereocenters. The van der Waals surface area contributed by atoms with Crippen LogP contribution in [0.15, 0.2) is 12.1 Å². The SMILES string of the molecule is CCc1ccc(CNC2CC(=O)N(C(C)CC)C2=O)s1. The Kier molecular flexibility index (Phi) is 4.94. The third-order valence-corrected chi connectivity index (χ3v) is 5.03. The van der Waals surface area contributed by atoms with Crippen LogP contribution < -0.4 is 5.32 Å². The number of rotatable bonds is 6. The molecule has 1 N–H and O–H groups in total. The van der Waals surface area contributed by atoms with Crippen LogP contribution in [0.5, 0.6) is 0 Å². The molecule has 1 saturated heterocycles. The minimum absolute atomic E-state index is 0.00441. The molecular weight excluding hydrogens is 272 g/mol. The first-order valence-corrected chi connectivity index (χ1v) is 8.05. The van der Waals surface area contributed by atoms with Crippen LogP contribution >= 0.6 is 11.3 Å². The highest BCUT2D eigenvalue weighted by Gasteiger charge is 2.40. The molecule has 2 rings (SSSR count). The Bertz CT molecular complexity index is 498. The van der Waals surface area contributed by atoms with Gasteiger partial charge < -0.3 is 5.32 Å². The number of carbonyl (C=O) groups excluding carboxylic acids is 2. The summed E-state index contributed by atoms with van der Waals surface area (Å²) in [6, 6.07) is 3.85. The van der Waals surface area contributed by atoms with Gasteiger partial charge in [0.05, 0.1) is 12.5 Å². The van der Waals surface area contributed by atoms with Gasteiger partial charge in [0.2, 0.25) is 11.8 Å². The highest BCUT2D eigenvalue weighted by molar-refractivity contribution is 7.11. The van der Waals surface area contributed by atoms with Gasteiger partial charge in [-0.1, -0.05) is 13.8 Å². The third kappa shape index (κ3) is 3.10. The maximum Gasteiger partial charge on any atom is 0.247 e. The molecule has 5 heteroatoms. The molecule has 1 aromatic heterocycles. The third-order valence-electron chi connectivity index (χ3n) is 3.80. The topological polar surface area (TPSA) is 49.4 Å². The van der Waals surface area contributed by atoms with Crippen LogP contribution in [-0.4, -0.2) is 28.8 Å². The summed E-state index contributed by atoms with van der Waals surface area (Å²) in [6.07, 6.45) is 2.12. The molecule has 0 radical (unpaired) electrons. The fourth-order valence-electron chi connectivity index (χ4n) is 2.39. The molecule has 2 atom stereocenters. The van der Waals surface area contributed by atoms with Crippen molar-refractivity contribution in [3.63, 3.8) is 0 Å². The van der Waals surface area contributed by atoms with E-state index < -0.39 is 0 Å². The summed E-state index contributed by atoms with van der Waals surface area (Å²) in [5.74, 6) is -0.126. The van der Waals surface area contributed by atoms with Crippen LogP contribution in [0.3, 0.4) is 0 Å². The van der Waals surface area contributed by atoms with E-state index in [0.717, 1.165) is 12.8 Å². The van der Waals surface area contributed by atoms with E-state index in [0.29, 0.717) is 6.54 Å². The monoisotopic (exact) mass is 294 g/mol. The standard InChI is InChI=1S/C15H22N2O2S/c1-4-10(3)17-14(18)8-13(15(17)19)16-9-12-7-6-11(5-2)20-12/h6-7,10,13,16H,4-5,8-9H2,1-3H3. The van der Waals surface area contributed by atoms with Gasteiger partial charge in [0.25, 0.3) is 0 Å². The maximum atomic E-state index is 12.2. The van der Waals surface area contributed by atoms with Gasteiger partial charge >= 0.3 is 0 Å². The molecule has 20 heavy (non-hydrogen) atoms. The van der Waals surface area contributed by atoms with Crippen LogP contribution in [0.1, 0.15) is 43.4 Å². The lowest BCUT2D eigenvalue weighted by Gasteiger charge is -2.21. The number of nitrogens with one attached hydrogen (secondary N) is 1. The number of carbonyl (C=O) groups is 2. The summed E-state index contributed by atoms with van der Waals surface area (Å²) >= 11 is 1.76. The Morgan fingerprint density at radius 2 is 2.05 bits per heavy atom. The highest BCUT2D eigenvalue weighted by atomic mass is 32.1. The number of amides is 2. The molecule has 2 heterocycles. The predicted octanol–water partition coefficient (Wildman–Crippen LogP) is 2.33. The zero-order chi connectivity index (χ0) is 14.7. The summed E-state index contributed by atoms with van der Waals surface area (Å²) in [6.45, 7) is 6.70. The molecule has 1 aromatic rings. The van der Waals surface area contributed by atoms with Gasteiger partial charge in [-0.25, -0.2) is 0 Å². The van der Waals surface area contributed by atoms with Gasteiger partial charge in [-0.3, -0.25) is 14.5 Å². The van der Waals surface area contributed by atoms with Crippen molar-refractivity contribution in [2.45, 2.75) is 58.7 Å². The van der Waals surface area contributed by atoms with Crippen molar-refractivity contribution in [3.8, 4) is 0 Å². The first kappa shape index (κ1) is 15.2. The van der Waals surface area contributed by atoms with Crippen molar-refractivity contribution in [3.05, 3.63) is 21.9 Å². The largest absolute Gasteiger partial charge is 0.300 e. The molecule has 4 nitrogen and oxygen atoms in total. The van der Waals surface area contributed by atoms with Gasteiger partial charge in [0.15, 0.2) is 0 Å². The minimum Gasteiger partial charge on any atom is -0.300 e. The summed E-state index contributed by atoms with van der Waals surface area (Å²) in [5, 5.41) is 3.22. The van der Waals surface area contributed by atoms with Crippen molar-refractivity contribution in [2.24, 2.45) is 0 Å². The van der Waals surface area contributed by atoms with Crippen molar-refractivity contribution in [1.29, 1.82) is 0 Å². The van der Waals surface area contributed by atoms with Gasteiger partial charge in [-0.15, -0.1) is 11.3 Å². The van der Waals surface area contributed by atoms with E-state index in [1.54, 1.807) is 11.3 Å². The van der Waals surface area contributed by atoms with E-state index in [-0.39, 0.29) is 30.3 Å². The lowest BCUT2D eigenvalue weighted by Crippen LogP contribution is -2.42. The minimum atomic E-state index is -0.358. The van der Waals surface area contributed by atoms with E-state index >= 15 is 0 Å². The molecule has 0 aromatic carbocycles. The van der Waals surface area contributed by atoms with Crippen LogP contribution in [-0.2, 0) is 22.6 Å². The number of aryl methyl sites for hydroxylation is 1. The van der Waals surface area contributed by atoms with E-state index in [1.807, 2.05) is 13.8 Å². The molecule has 0 spiro atoms. The predicted molar refractivity (Wildman–Crippen MR) is 80.5 cm³/mol. The second kappa shape index (κ2) is 6.50. The smallest absolute Gasteiger partial charge is 0.247 e. The average molecular weight is 294 g/mol. The van der Waals surface area contributed by atoms with Crippen LogP contribution in [0.2, 0.25) is 0 Å². The summed E-state index contributed by atoms with van der Waals surface area (Å²) in [7, 11) is 0. The zero-order valence-corrected chi connectivity index (χ0v) is 13.1. The van der Waals surface area contributed by atoms with Crippen molar-refractivity contribution in [2.75, 3.05) is 0 Å². The van der Waals surface area contributed by atoms with E-state index in [4.69, 9.17) is 0 Å². The fourth-order valence-corrected chi connectivity index (χ4v) is 3.30. The Hall–Kier alpha value is -1.20. The zero-order valence-electron chi connectivity index (χ0n) is 12.3. The number of imide groups is 1. The average Bonchev–Trinajstić information content (AvgIpc) is 3.00. The van der Waals surface area contributed by atoms with E-state index in [1.165, 1.54) is 14.7 Å². The molecule has 0 bridgehead atoms. The maximum absolute atomic E-state index is 12.2. The lowest BCUT2D eigenvalue weighted by atomic mass is 10.2. The van der Waals surface area contributed by atoms with Crippen molar-refractivity contribution in [1.82, 2.24) is 10.2 Å². The second-order valence-corrected chi connectivity index (χ2v) is 6.47. The number of nitrogens with zero attached hydrogens (tertiary/aromatic N) is 1.